The van der Waals surface area contributed by atoms with E-state index in [0.717, 1.165) is 37.1 Å². The highest BCUT2D eigenvalue weighted by atomic mass is 32.1. The van der Waals surface area contributed by atoms with E-state index in [1.54, 1.807) is 14.0 Å². The maximum atomic E-state index is 12.0. The first kappa shape index (κ1) is 20.0. The van der Waals surface area contributed by atoms with Gasteiger partial charge in [0.05, 0.1) is 18.3 Å². The molecule has 0 amide bonds. The van der Waals surface area contributed by atoms with Crippen LogP contribution in [0, 0.1) is 6.92 Å². The second kappa shape index (κ2) is 8.99. The molecule has 3 aliphatic heterocycles. The Morgan fingerprint density at radius 2 is 2.15 bits per heavy atom. The first-order valence-electron chi connectivity index (χ1n) is 9.59. The highest BCUT2D eigenvalue weighted by Crippen LogP contribution is 2.24. The minimum Gasteiger partial charge on any atom is -0.462 e. The van der Waals surface area contributed by atoms with E-state index in [4.69, 9.17) is 4.74 Å². The van der Waals surface area contributed by atoms with Crippen LogP contribution >= 0.6 is 11.3 Å². The number of ether oxygens (including phenoxy) is 1. The van der Waals surface area contributed by atoms with Crippen LogP contribution in [0.1, 0.15) is 40.3 Å². The van der Waals surface area contributed by atoms with Crippen molar-refractivity contribution in [3.8, 4) is 0 Å². The number of nitrogens with one attached hydrogen (secondary N) is 2. The summed E-state index contributed by atoms with van der Waals surface area (Å²) < 4.78 is 5.10. The number of thiazole rings is 1. The van der Waals surface area contributed by atoms with Gasteiger partial charge in [0.15, 0.2) is 5.96 Å². The van der Waals surface area contributed by atoms with Crippen molar-refractivity contribution in [1.29, 1.82) is 0 Å². The smallest absolute Gasteiger partial charge is 0.350 e. The van der Waals surface area contributed by atoms with Gasteiger partial charge in [0.2, 0.25) is 0 Å². The zero-order valence-corrected chi connectivity index (χ0v) is 17.4. The standard InChI is InChI=1S/C18H30N6O2S/c1-5-26-17(25)15-12(2)21-16(27-15)13(3)22-18(19-4)20-10-14-11-23-6-8-24(14)9-7-23/h13-14H,5-11H2,1-4H3,(H2,19,20,22). The van der Waals surface area contributed by atoms with Crippen molar-refractivity contribution in [2.75, 3.05) is 52.9 Å². The molecular formula is C18H30N6O2S. The molecule has 4 heterocycles. The van der Waals surface area contributed by atoms with E-state index < -0.39 is 0 Å². The van der Waals surface area contributed by atoms with E-state index in [2.05, 4.69) is 30.4 Å². The Kier molecular flexibility index (Phi) is 6.67. The Morgan fingerprint density at radius 1 is 1.41 bits per heavy atom. The molecule has 8 nitrogen and oxygen atoms in total. The number of esters is 1. The van der Waals surface area contributed by atoms with Crippen LogP contribution in [0.3, 0.4) is 0 Å². The SMILES string of the molecule is CCOC(=O)c1sc(C(C)NC(=NC)NCC2CN3CCN2CC3)nc1C. The Labute approximate surface area is 165 Å². The highest BCUT2D eigenvalue weighted by molar-refractivity contribution is 7.13. The van der Waals surface area contributed by atoms with Gasteiger partial charge < -0.3 is 15.4 Å². The summed E-state index contributed by atoms with van der Waals surface area (Å²) in [5.41, 5.74) is 0.713. The molecule has 2 bridgehead atoms. The largest absolute Gasteiger partial charge is 0.462 e. The van der Waals surface area contributed by atoms with Crippen LogP contribution in [0.5, 0.6) is 0 Å². The van der Waals surface area contributed by atoms with Gasteiger partial charge in [-0.05, 0) is 20.8 Å². The molecule has 1 aromatic heterocycles. The molecule has 4 rings (SSSR count). The quantitative estimate of drug-likeness (QED) is 0.421. The van der Waals surface area contributed by atoms with Crippen molar-refractivity contribution >= 4 is 23.3 Å². The third kappa shape index (κ3) is 4.77. The first-order chi connectivity index (χ1) is 13.0. The molecule has 0 spiro atoms. The van der Waals surface area contributed by atoms with Crippen molar-refractivity contribution in [2.45, 2.75) is 32.9 Å². The fourth-order valence-corrected chi connectivity index (χ4v) is 4.55. The number of hydrogen-bond acceptors (Lipinski definition) is 7. The van der Waals surface area contributed by atoms with Crippen LogP contribution in [-0.4, -0.2) is 85.7 Å². The predicted molar refractivity (Wildman–Crippen MR) is 108 cm³/mol. The molecule has 2 unspecified atom stereocenters. The third-order valence-corrected chi connectivity index (χ3v) is 6.44. The van der Waals surface area contributed by atoms with Crippen LogP contribution in [0.2, 0.25) is 0 Å². The topological polar surface area (TPSA) is 82.1 Å². The van der Waals surface area contributed by atoms with Crippen LogP contribution < -0.4 is 10.6 Å². The normalized spacial score (nSPS) is 25.9. The number of aliphatic imine (C=N–C) groups is 1. The number of aromatic nitrogens is 1. The van der Waals surface area contributed by atoms with E-state index >= 15 is 0 Å². The summed E-state index contributed by atoms with van der Waals surface area (Å²) in [4.78, 5) is 26.5. The monoisotopic (exact) mass is 394 g/mol. The van der Waals surface area contributed by atoms with Gasteiger partial charge in [-0.15, -0.1) is 11.3 Å². The van der Waals surface area contributed by atoms with Crippen molar-refractivity contribution in [3.63, 3.8) is 0 Å². The number of nitrogens with zero attached hydrogens (tertiary/aromatic N) is 4. The molecule has 9 heteroatoms. The summed E-state index contributed by atoms with van der Waals surface area (Å²) in [7, 11) is 1.77. The van der Waals surface area contributed by atoms with Crippen molar-refractivity contribution in [1.82, 2.24) is 25.4 Å². The molecule has 2 N–H and O–H groups in total. The number of hydrogen-bond donors (Lipinski definition) is 2. The maximum absolute atomic E-state index is 12.0. The molecular weight excluding hydrogens is 364 g/mol. The summed E-state index contributed by atoms with van der Waals surface area (Å²) in [6.07, 6.45) is 0. The van der Waals surface area contributed by atoms with E-state index in [-0.39, 0.29) is 12.0 Å². The van der Waals surface area contributed by atoms with Crippen LogP contribution in [0.25, 0.3) is 0 Å². The van der Waals surface area contributed by atoms with Gasteiger partial charge >= 0.3 is 5.97 Å². The fourth-order valence-electron chi connectivity index (χ4n) is 3.58. The zero-order chi connectivity index (χ0) is 19.4. The Morgan fingerprint density at radius 3 is 2.74 bits per heavy atom. The molecule has 150 valence electrons. The number of rotatable bonds is 6. The molecule has 3 aliphatic rings. The summed E-state index contributed by atoms with van der Waals surface area (Å²) >= 11 is 1.38. The lowest BCUT2D eigenvalue weighted by molar-refractivity contribution is 0.0154. The average Bonchev–Trinajstić information content (AvgIpc) is 3.08. The van der Waals surface area contributed by atoms with Crippen LogP contribution in [-0.2, 0) is 4.74 Å². The number of fused-ring (bicyclic) bond motifs is 3. The molecule has 0 radical (unpaired) electrons. The van der Waals surface area contributed by atoms with Gasteiger partial charge in [0.25, 0.3) is 0 Å². The summed E-state index contributed by atoms with van der Waals surface area (Å²) in [5.74, 6) is 0.454. The fraction of sp³-hybridized carbons (Fsp3) is 0.722. The van der Waals surface area contributed by atoms with Gasteiger partial charge in [-0.25, -0.2) is 9.78 Å². The van der Waals surface area contributed by atoms with Crippen molar-refractivity contribution < 1.29 is 9.53 Å². The van der Waals surface area contributed by atoms with Gasteiger partial charge in [-0.1, -0.05) is 0 Å². The molecule has 1 aromatic rings. The van der Waals surface area contributed by atoms with Crippen molar-refractivity contribution in [3.05, 3.63) is 15.6 Å². The van der Waals surface area contributed by atoms with E-state index in [1.165, 1.54) is 24.4 Å². The number of carbonyl (C=O) groups is 1. The minimum atomic E-state index is -0.301. The molecule has 0 aromatic carbocycles. The number of piperazine rings is 3. The number of aryl methyl sites for hydroxylation is 1. The second-order valence-electron chi connectivity index (χ2n) is 7.00. The van der Waals surface area contributed by atoms with E-state index in [9.17, 15) is 4.79 Å². The molecule has 27 heavy (non-hydrogen) atoms. The van der Waals surface area contributed by atoms with Gasteiger partial charge in [-0.2, -0.15) is 0 Å². The van der Waals surface area contributed by atoms with Gasteiger partial charge in [-0.3, -0.25) is 14.8 Å². The Balaban J connectivity index is 1.55. The Hall–Kier alpha value is -1.71. The first-order valence-corrected chi connectivity index (χ1v) is 10.4. The summed E-state index contributed by atoms with van der Waals surface area (Å²) in [5, 5.41) is 7.68. The minimum absolute atomic E-state index is 0.0464. The van der Waals surface area contributed by atoms with Crippen LogP contribution in [0.4, 0.5) is 0 Å². The van der Waals surface area contributed by atoms with Gasteiger partial charge in [0, 0.05) is 52.4 Å². The lowest BCUT2D eigenvalue weighted by atomic mass is 10.1. The molecule has 2 atom stereocenters. The predicted octanol–water partition coefficient (Wildman–Crippen LogP) is 0.854. The zero-order valence-electron chi connectivity index (χ0n) is 16.6. The molecule has 0 saturated carbocycles. The van der Waals surface area contributed by atoms with Crippen LogP contribution in [0.15, 0.2) is 4.99 Å². The molecule has 3 fully saturated rings. The molecule has 0 aliphatic carbocycles. The maximum Gasteiger partial charge on any atom is 0.350 e. The Bertz CT molecular complexity index is 683. The highest BCUT2D eigenvalue weighted by Gasteiger charge is 2.31. The van der Waals surface area contributed by atoms with Gasteiger partial charge in [0.1, 0.15) is 9.88 Å². The number of guanidine groups is 1. The summed E-state index contributed by atoms with van der Waals surface area (Å²) in [6.45, 7) is 12.7. The lowest BCUT2D eigenvalue weighted by Crippen LogP contribution is -2.63. The molecule has 3 saturated heterocycles. The van der Waals surface area contributed by atoms with E-state index in [1.807, 2.05) is 13.8 Å². The number of carbonyl (C=O) groups excluding carboxylic acids is 1. The third-order valence-electron chi connectivity index (χ3n) is 5.12. The average molecular weight is 395 g/mol. The van der Waals surface area contributed by atoms with Crippen molar-refractivity contribution in [2.24, 2.45) is 4.99 Å². The lowest BCUT2D eigenvalue weighted by Gasteiger charge is -2.47. The summed E-state index contributed by atoms with van der Waals surface area (Å²) in [6, 6.07) is 0.480. The second-order valence-corrected chi connectivity index (χ2v) is 8.03. The van der Waals surface area contributed by atoms with E-state index in [0.29, 0.717) is 23.2 Å².